The summed E-state index contributed by atoms with van der Waals surface area (Å²) in [7, 11) is 0. The molecule has 1 aromatic heterocycles. The molecule has 3 nitrogen and oxygen atoms in total. The Hall–Kier alpha value is -1.81. The first kappa shape index (κ1) is 14.1. The van der Waals surface area contributed by atoms with Crippen molar-refractivity contribution in [1.82, 2.24) is 9.97 Å². The van der Waals surface area contributed by atoms with Crippen molar-refractivity contribution in [2.75, 3.05) is 11.9 Å². The van der Waals surface area contributed by atoms with Crippen LogP contribution in [-0.4, -0.2) is 16.5 Å². The van der Waals surface area contributed by atoms with Gasteiger partial charge in [0, 0.05) is 16.4 Å². The van der Waals surface area contributed by atoms with E-state index >= 15 is 0 Å². The first-order valence-electron chi connectivity index (χ1n) is 6.99. The zero-order valence-electron chi connectivity index (χ0n) is 12.2. The van der Waals surface area contributed by atoms with Crippen molar-refractivity contribution >= 4 is 32.9 Å². The van der Waals surface area contributed by atoms with E-state index in [9.17, 15) is 0 Å². The molecule has 21 heavy (non-hydrogen) atoms. The smallest absolute Gasteiger partial charge is 0.201 e. The van der Waals surface area contributed by atoms with Gasteiger partial charge >= 0.3 is 0 Å². The highest BCUT2D eigenvalue weighted by molar-refractivity contribution is 9.10. The minimum absolute atomic E-state index is 0.0425. The molecule has 0 fully saturated rings. The van der Waals surface area contributed by atoms with Crippen LogP contribution in [0.5, 0.6) is 0 Å². The second-order valence-corrected chi connectivity index (χ2v) is 6.77. The highest BCUT2D eigenvalue weighted by atomic mass is 79.9. The zero-order valence-corrected chi connectivity index (χ0v) is 13.7. The van der Waals surface area contributed by atoms with Gasteiger partial charge in [-0.1, -0.05) is 60.1 Å². The Balaban J connectivity index is 1.77. The molecular formula is C17H18BrN3. The summed E-state index contributed by atoms with van der Waals surface area (Å²) in [6.45, 7) is 5.28. The fourth-order valence-corrected chi connectivity index (χ4v) is 2.72. The Morgan fingerprint density at radius 2 is 1.90 bits per heavy atom. The quantitative estimate of drug-likeness (QED) is 0.719. The molecule has 3 aromatic rings. The maximum atomic E-state index is 4.56. The number of hydrogen-bond donors (Lipinski definition) is 2. The standard InChI is InChI=1S/C17H18BrN3/c1-17(2,12-6-4-3-5-7-12)11-19-16-20-14-9-8-13(18)10-15(14)21-16/h3-10H,11H2,1-2H3,(H2,19,20,21). The average Bonchev–Trinajstić information content (AvgIpc) is 2.88. The number of halogens is 1. The molecule has 0 atom stereocenters. The normalized spacial score (nSPS) is 11.8. The molecule has 1 heterocycles. The van der Waals surface area contributed by atoms with Crippen LogP contribution >= 0.6 is 15.9 Å². The fourth-order valence-electron chi connectivity index (χ4n) is 2.36. The summed E-state index contributed by atoms with van der Waals surface area (Å²) in [5.41, 5.74) is 3.36. The van der Waals surface area contributed by atoms with Crippen molar-refractivity contribution in [1.29, 1.82) is 0 Å². The van der Waals surface area contributed by atoms with Gasteiger partial charge in [0.1, 0.15) is 0 Å². The van der Waals surface area contributed by atoms with Crippen LogP contribution in [0.3, 0.4) is 0 Å². The summed E-state index contributed by atoms with van der Waals surface area (Å²) < 4.78 is 1.05. The third-order valence-corrected chi connectivity index (χ3v) is 4.19. The van der Waals surface area contributed by atoms with Crippen molar-refractivity contribution < 1.29 is 0 Å². The van der Waals surface area contributed by atoms with Gasteiger partial charge in [0.2, 0.25) is 5.95 Å². The lowest BCUT2D eigenvalue weighted by Gasteiger charge is -2.25. The highest BCUT2D eigenvalue weighted by Crippen LogP contribution is 2.24. The maximum absolute atomic E-state index is 4.56. The van der Waals surface area contributed by atoms with Crippen molar-refractivity contribution in [2.45, 2.75) is 19.3 Å². The molecule has 0 spiro atoms. The molecule has 0 saturated carbocycles. The zero-order chi connectivity index (χ0) is 14.9. The lowest BCUT2D eigenvalue weighted by Crippen LogP contribution is -2.27. The molecule has 0 radical (unpaired) electrons. The third-order valence-electron chi connectivity index (χ3n) is 3.70. The summed E-state index contributed by atoms with van der Waals surface area (Å²) in [5, 5.41) is 3.41. The summed E-state index contributed by atoms with van der Waals surface area (Å²) >= 11 is 3.47. The SMILES string of the molecule is CC(C)(CNc1nc2ccc(Br)cc2[nH]1)c1ccccc1. The molecule has 0 unspecified atom stereocenters. The summed E-state index contributed by atoms with van der Waals surface area (Å²) in [4.78, 5) is 7.87. The maximum Gasteiger partial charge on any atom is 0.201 e. The highest BCUT2D eigenvalue weighted by Gasteiger charge is 2.20. The van der Waals surface area contributed by atoms with Crippen molar-refractivity contribution in [2.24, 2.45) is 0 Å². The molecule has 0 aliphatic rings. The Morgan fingerprint density at radius 3 is 2.67 bits per heavy atom. The Bertz CT molecular complexity index is 747. The van der Waals surface area contributed by atoms with E-state index in [1.165, 1.54) is 5.56 Å². The number of aromatic nitrogens is 2. The lowest BCUT2D eigenvalue weighted by molar-refractivity contribution is 0.555. The van der Waals surface area contributed by atoms with Gasteiger partial charge in [-0.15, -0.1) is 0 Å². The van der Waals surface area contributed by atoms with E-state index in [4.69, 9.17) is 0 Å². The number of anilines is 1. The number of H-pyrrole nitrogens is 1. The fraction of sp³-hybridized carbons (Fsp3) is 0.235. The molecule has 0 amide bonds. The Labute approximate surface area is 132 Å². The molecule has 2 aromatic carbocycles. The van der Waals surface area contributed by atoms with Crippen LogP contribution in [0.25, 0.3) is 11.0 Å². The predicted octanol–water partition coefficient (Wildman–Crippen LogP) is 4.72. The average molecular weight is 344 g/mol. The van der Waals surface area contributed by atoms with Crippen LogP contribution in [0.15, 0.2) is 53.0 Å². The first-order chi connectivity index (χ1) is 10.0. The molecule has 0 bridgehead atoms. The van der Waals surface area contributed by atoms with Gasteiger partial charge in [-0.25, -0.2) is 4.98 Å². The Kier molecular flexibility index (Phi) is 3.72. The van der Waals surface area contributed by atoms with E-state index in [1.54, 1.807) is 0 Å². The number of imidazole rings is 1. The van der Waals surface area contributed by atoms with Crippen LogP contribution in [0.4, 0.5) is 5.95 Å². The number of benzene rings is 2. The largest absolute Gasteiger partial charge is 0.355 e. The van der Waals surface area contributed by atoms with E-state index in [2.05, 4.69) is 69.3 Å². The van der Waals surface area contributed by atoms with E-state index in [1.807, 2.05) is 24.3 Å². The molecular weight excluding hydrogens is 326 g/mol. The molecule has 3 rings (SSSR count). The van der Waals surface area contributed by atoms with Crippen molar-refractivity contribution in [3.8, 4) is 0 Å². The van der Waals surface area contributed by atoms with E-state index in [0.717, 1.165) is 28.0 Å². The van der Waals surface area contributed by atoms with E-state index in [-0.39, 0.29) is 5.41 Å². The number of nitrogens with zero attached hydrogens (tertiary/aromatic N) is 1. The molecule has 0 aliphatic carbocycles. The number of aromatic amines is 1. The third kappa shape index (κ3) is 3.10. The summed E-state index contributed by atoms with van der Waals surface area (Å²) in [6.07, 6.45) is 0. The van der Waals surface area contributed by atoms with Gasteiger partial charge in [-0.3, -0.25) is 0 Å². The second kappa shape index (κ2) is 5.53. The van der Waals surface area contributed by atoms with E-state index in [0.29, 0.717) is 0 Å². The van der Waals surface area contributed by atoms with Crippen LogP contribution in [0, 0.1) is 0 Å². The van der Waals surface area contributed by atoms with E-state index < -0.39 is 0 Å². The summed E-state index contributed by atoms with van der Waals surface area (Å²) in [6, 6.07) is 16.6. The van der Waals surface area contributed by atoms with Crippen LogP contribution in [0.1, 0.15) is 19.4 Å². The van der Waals surface area contributed by atoms with Crippen LogP contribution in [-0.2, 0) is 5.41 Å². The topological polar surface area (TPSA) is 40.7 Å². The lowest BCUT2D eigenvalue weighted by atomic mass is 9.85. The molecule has 108 valence electrons. The van der Waals surface area contributed by atoms with Gasteiger partial charge in [-0.2, -0.15) is 0 Å². The van der Waals surface area contributed by atoms with Crippen LogP contribution < -0.4 is 5.32 Å². The van der Waals surface area contributed by atoms with Crippen molar-refractivity contribution in [3.05, 3.63) is 58.6 Å². The van der Waals surface area contributed by atoms with Crippen molar-refractivity contribution in [3.63, 3.8) is 0 Å². The number of hydrogen-bond acceptors (Lipinski definition) is 2. The van der Waals surface area contributed by atoms with Gasteiger partial charge < -0.3 is 10.3 Å². The monoisotopic (exact) mass is 343 g/mol. The van der Waals surface area contributed by atoms with Crippen LogP contribution in [0.2, 0.25) is 0 Å². The second-order valence-electron chi connectivity index (χ2n) is 5.85. The molecule has 4 heteroatoms. The molecule has 0 saturated heterocycles. The number of nitrogens with one attached hydrogen (secondary N) is 2. The Morgan fingerprint density at radius 1 is 1.14 bits per heavy atom. The molecule has 0 aliphatic heterocycles. The van der Waals surface area contributed by atoms with Gasteiger partial charge in [0.15, 0.2) is 0 Å². The van der Waals surface area contributed by atoms with Gasteiger partial charge in [0.05, 0.1) is 11.0 Å². The summed E-state index contributed by atoms with van der Waals surface area (Å²) in [5.74, 6) is 0.812. The van der Waals surface area contributed by atoms with Gasteiger partial charge in [0.25, 0.3) is 0 Å². The molecule has 2 N–H and O–H groups in total. The first-order valence-corrected chi connectivity index (χ1v) is 7.79. The van der Waals surface area contributed by atoms with Gasteiger partial charge in [-0.05, 0) is 23.8 Å². The number of rotatable bonds is 4. The minimum Gasteiger partial charge on any atom is -0.355 e. The predicted molar refractivity (Wildman–Crippen MR) is 91.8 cm³/mol. The number of fused-ring (bicyclic) bond motifs is 1. The minimum atomic E-state index is 0.0425.